The van der Waals surface area contributed by atoms with Crippen LogP contribution in [0.25, 0.3) is 0 Å². The molecule has 1 unspecified atom stereocenters. The fraction of sp³-hybridized carbons (Fsp3) is 0.300. The van der Waals surface area contributed by atoms with Gasteiger partial charge in [0.15, 0.2) is 5.96 Å². The van der Waals surface area contributed by atoms with Gasteiger partial charge in [-0.3, -0.25) is 9.79 Å². The number of carbonyl (C=O) groups excluding carboxylic acids is 1. The topological polar surface area (TPSA) is 68.8 Å². The van der Waals surface area contributed by atoms with E-state index in [9.17, 15) is 4.79 Å². The van der Waals surface area contributed by atoms with E-state index >= 15 is 0 Å². The van der Waals surface area contributed by atoms with Crippen LogP contribution >= 0.6 is 39.9 Å². The summed E-state index contributed by atoms with van der Waals surface area (Å²) in [6, 6.07) is 18.1. The molecule has 3 N–H and O–H groups in total. The van der Waals surface area contributed by atoms with Crippen molar-refractivity contribution in [2.75, 3.05) is 36.9 Å². The average molecular weight is 558 g/mol. The van der Waals surface area contributed by atoms with Gasteiger partial charge in [0, 0.05) is 42.0 Å². The van der Waals surface area contributed by atoms with Gasteiger partial charge in [0.05, 0.1) is 6.54 Å². The first-order chi connectivity index (χ1) is 13.1. The molecule has 1 fully saturated rings. The predicted molar refractivity (Wildman–Crippen MR) is 130 cm³/mol. The summed E-state index contributed by atoms with van der Waals surface area (Å²) in [5.74, 6) is 0.535. The van der Waals surface area contributed by atoms with Gasteiger partial charge in [-0.2, -0.15) is 0 Å². The normalized spacial score (nSPS) is 16.3. The van der Waals surface area contributed by atoms with Gasteiger partial charge >= 0.3 is 0 Å². The molecule has 0 saturated carbocycles. The van der Waals surface area contributed by atoms with Crippen molar-refractivity contribution >= 4 is 63.1 Å². The fourth-order valence-corrected chi connectivity index (χ4v) is 3.31. The molecule has 0 bridgehead atoms. The van der Waals surface area contributed by atoms with E-state index in [2.05, 4.69) is 66.0 Å². The number of amides is 1. The number of benzene rings is 2. The molecule has 1 aliphatic rings. The number of carbonyl (C=O) groups is 1. The number of rotatable bonds is 5. The van der Waals surface area contributed by atoms with Crippen molar-refractivity contribution < 1.29 is 4.79 Å². The van der Waals surface area contributed by atoms with E-state index in [1.807, 2.05) is 30.3 Å². The van der Waals surface area contributed by atoms with Gasteiger partial charge < -0.3 is 20.9 Å². The third-order valence-electron chi connectivity index (χ3n) is 4.42. The zero-order valence-electron chi connectivity index (χ0n) is 15.7. The highest BCUT2D eigenvalue weighted by atomic mass is 127. The molecule has 0 aromatic heterocycles. The third-order valence-corrected chi connectivity index (χ3v) is 4.95. The van der Waals surface area contributed by atoms with Crippen LogP contribution in [0.2, 0.25) is 0 Å². The first-order valence-electron chi connectivity index (χ1n) is 8.96. The van der Waals surface area contributed by atoms with Crippen LogP contribution in [-0.2, 0) is 4.79 Å². The van der Waals surface area contributed by atoms with E-state index in [0.29, 0.717) is 5.96 Å². The summed E-state index contributed by atoms with van der Waals surface area (Å²) in [5.41, 5.74) is 2.00. The molecular weight excluding hydrogens is 533 g/mol. The predicted octanol–water partition coefficient (Wildman–Crippen LogP) is 3.45. The molecule has 0 spiro atoms. The van der Waals surface area contributed by atoms with Crippen LogP contribution in [0, 0.1) is 0 Å². The highest BCUT2D eigenvalue weighted by Crippen LogP contribution is 2.22. The Kier molecular flexibility index (Phi) is 9.04. The lowest BCUT2D eigenvalue weighted by Gasteiger charge is -2.20. The van der Waals surface area contributed by atoms with Crippen LogP contribution < -0.4 is 20.9 Å². The molecule has 1 heterocycles. The van der Waals surface area contributed by atoms with E-state index < -0.39 is 0 Å². The number of halogens is 2. The average Bonchev–Trinajstić information content (AvgIpc) is 3.15. The van der Waals surface area contributed by atoms with Crippen molar-refractivity contribution in [1.29, 1.82) is 0 Å². The largest absolute Gasteiger partial charge is 0.369 e. The molecule has 2 aromatic rings. The van der Waals surface area contributed by atoms with Crippen molar-refractivity contribution in [2.45, 2.75) is 12.5 Å². The molecule has 0 radical (unpaired) electrons. The standard InChI is InChI=1S/C20H24BrN5O.HI/c1-22-20(23-13-19(27)24-16-5-3-2-4-6-16)25-17-11-12-26(14-17)18-9-7-15(21)8-10-18;/h2-10,17H,11-14H2,1H3,(H,24,27)(H2,22,23,25);1H. The van der Waals surface area contributed by atoms with Gasteiger partial charge in [-0.1, -0.05) is 34.1 Å². The molecule has 1 atom stereocenters. The van der Waals surface area contributed by atoms with Crippen molar-refractivity contribution in [3.8, 4) is 0 Å². The minimum atomic E-state index is -0.105. The van der Waals surface area contributed by atoms with E-state index in [4.69, 9.17) is 0 Å². The molecule has 28 heavy (non-hydrogen) atoms. The molecule has 1 saturated heterocycles. The lowest BCUT2D eigenvalue weighted by Crippen LogP contribution is -2.46. The zero-order chi connectivity index (χ0) is 19.1. The Labute approximate surface area is 191 Å². The van der Waals surface area contributed by atoms with Crippen molar-refractivity contribution in [2.24, 2.45) is 4.99 Å². The SMILES string of the molecule is CN=C(NCC(=O)Nc1ccccc1)NC1CCN(c2ccc(Br)cc2)C1.I. The summed E-state index contributed by atoms with van der Waals surface area (Å²) >= 11 is 3.47. The summed E-state index contributed by atoms with van der Waals surface area (Å²) in [6.45, 7) is 2.06. The number of guanidine groups is 1. The van der Waals surface area contributed by atoms with Crippen LogP contribution in [0.5, 0.6) is 0 Å². The van der Waals surface area contributed by atoms with Gasteiger partial charge in [-0.15, -0.1) is 24.0 Å². The van der Waals surface area contributed by atoms with Gasteiger partial charge in [0.2, 0.25) is 5.91 Å². The number of para-hydroxylation sites is 1. The maximum Gasteiger partial charge on any atom is 0.243 e. The summed E-state index contributed by atoms with van der Waals surface area (Å²) in [5, 5.41) is 9.34. The molecule has 0 aliphatic carbocycles. The molecular formula is C20H25BrIN5O. The Morgan fingerprint density at radius 2 is 1.89 bits per heavy atom. The molecule has 1 aliphatic heterocycles. The maximum absolute atomic E-state index is 12.1. The second-order valence-electron chi connectivity index (χ2n) is 6.39. The lowest BCUT2D eigenvalue weighted by atomic mass is 10.3. The summed E-state index contributed by atoms with van der Waals surface area (Å²) in [7, 11) is 1.71. The summed E-state index contributed by atoms with van der Waals surface area (Å²) in [6.07, 6.45) is 1.02. The van der Waals surface area contributed by atoms with Crippen LogP contribution in [-0.4, -0.2) is 44.6 Å². The third kappa shape index (κ3) is 6.66. The quantitative estimate of drug-likeness (QED) is 0.299. The van der Waals surface area contributed by atoms with Gasteiger partial charge in [-0.25, -0.2) is 0 Å². The first kappa shape index (κ1) is 22.5. The van der Waals surface area contributed by atoms with Crippen molar-refractivity contribution in [3.05, 3.63) is 59.1 Å². The van der Waals surface area contributed by atoms with Crippen LogP contribution in [0.4, 0.5) is 11.4 Å². The van der Waals surface area contributed by atoms with Gasteiger partial charge in [0.25, 0.3) is 0 Å². The van der Waals surface area contributed by atoms with E-state index in [-0.39, 0.29) is 42.5 Å². The Morgan fingerprint density at radius 1 is 1.18 bits per heavy atom. The second-order valence-corrected chi connectivity index (χ2v) is 7.31. The number of nitrogens with zero attached hydrogens (tertiary/aromatic N) is 2. The number of hydrogen-bond donors (Lipinski definition) is 3. The minimum Gasteiger partial charge on any atom is -0.369 e. The highest BCUT2D eigenvalue weighted by molar-refractivity contribution is 14.0. The number of nitrogens with one attached hydrogen (secondary N) is 3. The fourth-order valence-electron chi connectivity index (χ4n) is 3.04. The van der Waals surface area contributed by atoms with Crippen LogP contribution in [0.3, 0.4) is 0 Å². The van der Waals surface area contributed by atoms with Gasteiger partial charge in [0.1, 0.15) is 0 Å². The van der Waals surface area contributed by atoms with Gasteiger partial charge in [-0.05, 0) is 42.8 Å². The number of hydrogen-bond acceptors (Lipinski definition) is 3. The Hall–Kier alpha value is -1.81. The number of anilines is 2. The smallest absolute Gasteiger partial charge is 0.243 e. The number of aliphatic imine (C=N–C) groups is 1. The van der Waals surface area contributed by atoms with Crippen molar-refractivity contribution in [1.82, 2.24) is 10.6 Å². The summed E-state index contributed by atoms with van der Waals surface area (Å²) < 4.78 is 1.08. The Bertz CT molecular complexity index is 785. The first-order valence-corrected chi connectivity index (χ1v) is 9.76. The molecule has 2 aromatic carbocycles. The molecule has 150 valence electrons. The van der Waals surface area contributed by atoms with E-state index in [0.717, 1.165) is 29.7 Å². The molecule has 1 amide bonds. The summed E-state index contributed by atoms with van der Waals surface area (Å²) in [4.78, 5) is 18.6. The maximum atomic E-state index is 12.1. The lowest BCUT2D eigenvalue weighted by molar-refractivity contribution is -0.115. The molecule has 6 nitrogen and oxygen atoms in total. The minimum absolute atomic E-state index is 0. The Balaban J connectivity index is 0.00000280. The molecule has 8 heteroatoms. The Morgan fingerprint density at radius 3 is 2.57 bits per heavy atom. The van der Waals surface area contributed by atoms with Crippen LogP contribution in [0.1, 0.15) is 6.42 Å². The second kappa shape index (κ2) is 11.3. The van der Waals surface area contributed by atoms with Crippen LogP contribution in [0.15, 0.2) is 64.1 Å². The molecule has 3 rings (SSSR count). The highest BCUT2D eigenvalue weighted by Gasteiger charge is 2.23. The van der Waals surface area contributed by atoms with Crippen molar-refractivity contribution in [3.63, 3.8) is 0 Å². The van der Waals surface area contributed by atoms with E-state index in [1.54, 1.807) is 7.05 Å². The van der Waals surface area contributed by atoms with E-state index in [1.165, 1.54) is 5.69 Å². The monoisotopic (exact) mass is 557 g/mol. The zero-order valence-corrected chi connectivity index (χ0v) is 19.6.